The van der Waals surface area contributed by atoms with E-state index in [0.717, 1.165) is 21.8 Å². The summed E-state index contributed by atoms with van der Waals surface area (Å²) in [6.07, 6.45) is 1.81. The van der Waals surface area contributed by atoms with Gasteiger partial charge in [-0.1, -0.05) is 84.4 Å². The fraction of sp³-hybridized carbons (Fsp3) is 0.0455. The minimum Gasteiger partial charge on any atom is -0.344 e. The van der Waals surface area contributed by atoms with Gasteiger partial charge in [-0.3, -0.25) is 0 Å². The van der Waals surface area contributed by atoms with Crippen LogP contribution in [0.15, 0.2) is 96.5 Å². The second-order valence-electron chi connectivity index (χ2n) is 5.95. The summed E-state index contributed by atoms with van der Waals surface area (Å²) in [5.41, 5.74) is 2.73. The quantitative estimate of drug-likeness (QED) is 0.419. The molecule has 0 spiro atoms. The lowest BCUT2D eigenvalue weighted by atomic mass is 9.77. The molecule has 4 aromatic rings. The van der Waals surface area contributed by atoms with Gasteiger partial charge in [0.25, 0.3) is 0 Å². The molecule has 0 aliphatic rings. The molecule has 0 unspecified atom stereocenters. The van der Waals surface area contributed by atoms with Crippen LogP contribution in [0.3, 0.4) is 0 Å². The summed E-state index contributed by atoms with van der Waals surface area (Å²) >= 11 is 7.95. The molecule has 26 heavy (non-hydrogen) atoms. The summed E-state index contributed by atoms with van der Waals surface area (Å²) in [4.78, 5) is 4.47. The topological polar surface area (TPSA) is 24.9 Å². The van der Waals surface area contributed by atoms with E-state index in [1.165, 1.54) is 0 Å². The Balaban J connectivity index is 2.02. The normalized spacial score (nSPS) is 11.3. The molecule has 1 N–H and O–H groups in total. The number of benzene rings is 3. The van der Waals surface area contributed by atoms with E-state index in [9.17, 15) is 0 Å². The van der Waals surface area contributed by atoms with Gasteiger partial charge in [-0.25, -0.2) is 4.98 Å². The fourth-order valence-corrected chi connectivity index (χ4v) is 4.03. The number of anilines is 1. The molecule has 0 saturated heterocycles. The van der Waals surface area contributed by atoms with Gasteiger partial charge in [-0.15, -0.1) is 11.3 Å². The highest BCUT2D eigenvalue weighted by Gasteiger charge is 2.37. The average Bonchev–Trinajstić information content (AvgIpc) is 3.20. The molecule has 0 amide bonds. The maximum atomic E-state index is 6.37. The van der Waals surface area contributed by atoms with Gasteiger partial charge in [0.2, 0.25) is 0 Å². The van der Waals surface area contributed by atoms with Crippen LogP contribution in [0.1, 0.15) is 16.7 Å². The zero-order valence-corrected chi connectivity index (χ0v) is 15.5. The van der Waals surface area contributed by atoms with Crippen LogP contribution in [0.5, 0.6) is 0 Å². The number of halogens is 1. The van der Waals surface area contributed by atoms with E-state index in [1.807, 2.05) is 41.9 Å². The number of rotatable bonds is 5. The molecule has 0 aliphatic heterocycles. The molecule has 1 aromatic heterocycles. The molecule has 0 bridgehead atoms. The van der Waals surface area contributed by atoms with Crippen molar-refractivity contribution in [1.82, 2.24) is 4.98 Å². The Kier molecular flexibility index (Phi) is 4.74. The van der Waals surface area contributed by atoms with Crippen molar-refractivity contribution < 1.29 is 0 Å². The summed E-state index contributed by atoms with van der Waals surface area (Å²) in [5.74, 6) is 0. The van der Waals surface area contributed by atoms with Crippen LogP contribution in [0.25, 0.3) is 0 Å². The molecule has 4 heteroatoms. The van der Waals surface area contributed by atoms with Crippen LogP contribution in [-0.2, 0) is 5.54 Å². The van der Waals surface area contributed by atoms with E-state index in [2.05, 4.69) is 64.9 Å². The Morgan fingerprint density at radius 3 is 1.92 bits per heavy atom. The van der Waals surface area contributed by atoms with E-state index in [0.29, 0.717) is 5.02 Å². The van der Waals surface area contributed by atoms with Gasteiger partial charge in [0.1, 0.15) is 5.54 Å². The average molecular weight is 377 g/mol. The first-order valence-corrected chi connectivity index (χ1v) is 9.59. The highest BCUT2D eigenvalue weighted by atomic mass is 35.5. The lowest BCUT2D eigenvalue weighted by Gasteiger charge is -2.37. The van der Waals surface area contributed by atoms with Crippen LogP contribution in [-0.4, -0.2) is 4.98 Å². The highest BCUT2D eigenvalue weighted by molar-refractivity contribution is 7.13. The van der Waals surface area contributed by atoms with Crippen molar-refractivity contribution in [2.45, 2.75) is 5.54 Å². The second kappa shape index (κ2) is 7.32. The molecule has 0 radical (unpaired) electrons. The van der Waals surface area contributed by atoms with Crippen molar-refractivity contribution in [2.75, 3.05) is 5.32 Å². The maximum Gasteiger partial charge on any atom is 0.183 e. The number of aromatic nitrogens is 1. The Morgan fingerprint density at radius 2 is 1.38 bits per heavy atom. The Bertz CT molecular complexity index is 930. The smallest absolute Gasteiger partial charge is 0.183 e. The molecule has 2 nitrogen and oxygen atoms in total. The lowest BCUT2D eigenvalue weighted by Crippen LogP contribution is -2.38. The number of nitrogens with one attached hydrogen (secondary N) is 1. The summed E-state index contributed by atoms with van der Waals surface area (Å²) < 4.78 is 0. The predicted octanol–water partition coefficient (Wildman–Crippen LogP) is 6.20. The molecule has 3 aromatic carbocycles. The minimum atomic E-state index is -0.592. The van der Waals surface area contributed by atoms with Crippen molar-refractivity contribution in [1.29, 1.82) is 0 Å². The zero-order chi connectivity index (χ0) is 17.8. The van der Waals surface area contributed by atoms with Crippen LogP contribution in [0.2, 0.25) is 5.02 Å². The van der Waals surface area contributed by atoms with Gasteiger partial charge in [-0.2, -0.15) is 0 Å². The van der Waals surface area contributed by atoms with Crippen LogP contribution >= 0.6 is 22.9 Å². The fourth-order valence-electron chi connectivity index (χ4n) is 3.26. The van der Waals surface area contributed by atoms with Gasteiger partial charge in [0, 0.05) is 16.6 Å². The van der Waals surface area contributed by atoms with Crippen molar-refractivity contribution in [3.63, 3.8) is 0 Å². The molecule has 1 heterocycles. The number of nitrogens with zero attached hydrogens (tertiary/aromatic N) is 1. The molecule has 0 fully saturated rings. The maximum absolute atomic E-state index is 6.37. The molecule has 0 saturated carbocycles. The van der Waals surface area contributed by atoms with Crippen LogP contribution in [0.4, 0.5) is 5.13 Å². The summed E-state index contributed by atoms with van der Waals surface area (Å²) in [7, 11) is 0. The minimum absolute atomic E-state index is 0.592. The molecule has 0 atom stereocenters. The van der Waals surface area contributed by atoms with Gasteiger partial charge >= 0.3 is 0 Å². The van der Waals surface area contributed by atoms with Gasteiger partial charge < -0.3 is 5.32 Å². The first-order valence-electron chi connectivity index (χ1n) is 8.34. The second-order valence-corrected chi connectivity index (χ2v) is 7.29. The van der Waals surface area contributed by atoms with E-state index >= 15 is 0 Å². The third-order valence-corrected chi connectivity index (χ3v) is 5.32. The third kappa shape index (κ3) is 3.12. The van der Waals surface area contributed by atoms with Crippen molar-refractivity contribution >= 4 is 28.1 Å². The van der Waals surface area contributed by atoms with Gasteiger partial charge in [0.15, 0.2) is 5.13 Å². The lowest BCUT2D eigenvalue weighted by molar-refractivity contribution is 0.710. The van der Waals surface area contributed by atoms with Crippen molar-refractivity contribution in [3.8, 4) is 0 Å². The molecular formula is C22H17ClN2S. The molecular weight excluding hydrogens is 360 g/mol. The van der Waals surface area contributed by atoms with E-state index in [-0.39, 0.29) is 0 Å². The standard InChI is InChI=1S/C22H17ClN2S/c23-20-13-7-12-19(16-20)22(17-8-3-1-4-9-17,18-10-5-2-6-11-18)25-21-24-14-15-26-21/h1-16H,(H,24,25). The molecule has 128 valence electrons. The Labute approximate surface area is 162 Å². The number of thiazole rings is 1. The van der Waals surface area contributed by atoms with Gasteiger partial charge in [-0.05, 0) is 28.8 Å². The summed E-state index contributed by atoms with van der Waals surface area (Å²) in [5, 5.41) is 7.24. The van der Waals surface area contributed by atoms with E-state index in [4.69, 9.17) is 11.6 Å². The van der Waals surface area contributed by atoms with Crippen LogP contribution in [0, 0.1) is 0 Å². The van der Waals surface area contributed by atoms with Gasteiger partial charge in [0.05, 0.1) is 0 Å². The Hall–Kier alpha value is -2.62. The molecule has 0 aliphatic carbocycles. The van der Waals surface area contributed by atoms with E-state index < -0.39 is 5.54 Å². The zero-order valence-electron chi connectivity index (χ0n) is 14.0. The SMILES string of the molecule is Clc1cccc(C(Nc2nccs2)(c2ccccc2)c2ccccc2)c1. The first-order chi connectivity index (χ1) is 12.8. The highest BCUT2D eigenvalue weighted by Crippen LogP contribution is 2.41. The first kappa shape index (κ1) is 16.8. The predicted molar refractivity (Wildman–Crippen MR) is 110 cm³/mol. The number of hydrogen-bond acceptors (Lipinski definition) is 3. The largest absolute Gasteiger partial charge is 0.344 e. The summed E-state index contributed by atoms with van der Waals surface area (Å²) in [6.45, 7) is 0. The van der Waals surface area contributed by atoms with Crippen molar-refractivity contribution in [2.24, 2.45) is 0 Å². The van der Waals surface area contributed by atoms with Crippen molar-refractivity contribution in [3.05, 3.63) is 118 Å². The van der Waals surface area contributed by atoms with E-state index in [1.54, 1.807) is 11.3 Å². The van der Waals surface area contributed by atoms with Crippen LogP contribution < -0.4 is 5.32 Å². The molecule has 4 rings (SSSR count). The monoisotopic (exact) mass is 376 g/mol. The summed E-state index contributed by atoms with van der Waals surface area (Å²) in [6, 6.07) is 28.8. The third-order valence-electron chi connectivity index (χ3n) is 4.40. The Morgan fingerprint density at radius 1 is 0.769 bits per heavy atom. The number of hydrogen-bond donors (Lipinski definition) is 1.